The monoisotopic (exact) mass is 398 g/mol. The van der Waals surface area contributed by atoms with Crippen molar-refractivity contribution in [2.24, 2.45) is 0 Å². The number of rotatable bonds is 7. The van der Waals surface area contributed by atoms with Gasteiger partial charge >= 0.3 is 5.97 Å². The predicted molar refractivity (Wildman–Crippen MR) is 106 cm³/mol. The molecule has 0 N–H and O–H groups in total. The minimum atomic E-state index is -0.861. The van der Waals surface area contributed by atoms with Crippen LogP contribution < -0.4 is 18.9 Å². The van der Waals surface area contributed by atoms with Gasteiger partial charge in [-0.15, -0.1) is 0 Å². The molecule has 0 unspecified atom stereocenters. The molecule has 0 radical (unpaired) electrons. The molecular weight excluding hydrogens is 376 g/mol. The van der Waals surface area contributed by atoms with Crippen molar-refractivity contribution >= 4 is 17.8 Å². The SMILES string of the molecule is CCOc1cccc(/C=C2\Oc3cc(OC)ccc3C2=O)c1O[C@@H](C)C(=O)OC. The minimum absolute atomic E-state index is 0.137. The number of Topliss-reactive ketones (excluding diaryl/α,β-unsaturated/α-hetero) is 1. The molecule has 152 valence electrons. The second-order valence-electron chi connectivity index (χ2n) is 6.19. The summed E-state index contributed by atoms with van der Waals surface area (Å²) in [4.78, 5) is 24.5. The highest BCUT2D eigenvalue weighted by atomic mass is 16.6. The standard InChI is InChI=1S/C22H22O7/c1-5-27-17-8-6-7-14(21(17)28-13(2)22(24)26-4)11-19-20(23)16-10-9-15(25-3)12-18(16)29-19/h6-13H,5H2,1-4H3/b19-11-/t13-/m0/s1. The van der Waals surface area contributed by atoms with E-state index in [1.54, 1.807) is 56.5 Å². The van der Waals surface area contributed by atoms with Crippen LogP contribution in [0.3, 0.4) is 0 Å². The Labute approximate surface area is 168 Å². The molecule has 0 saturated carbocycles. The Balaban J connectivity index is 1.99. The zero-order valence-corrected chi connectivity index (χ0v) is 16.7. The Kier molecular flexibility index (Phi) is 6.07. The summed E-state index contributed by atoms with van der Waals surface area (Å²) in [6.45, 7) is 3.82. The maximum Gasteiger partial charge on any atom is 0.346 e. The van der Waals surface area contributed by atoms with E-state index >= 15 is 0 Å². The summed E-state index contributed by atoms with van der Waals surface area (Å²) in [5.41, 5.74) is 0.984. The molecule has 2 aromatic rings. The highest BCUT2D eigenvalue weighted by Gasteiger charge is 2.29. The Hall–Kier alpha value is -3.48. The van der Waals surface area contributed by atoms with Crippen LogP contribution >= 0.6 is 0 Å². The molecule has 1 aliphatic heterocycles. The third kappa shape index (κ3) is 4.18. The number of hydrogen-bond acceptors (Lipinski definition) is 7. The van der Waals surface area contributed by atoms with Crippen molar-refractivity contribution in [2.45, 2.75) is 20.0 Å². The second-order valence-corrected chi connectivity index (χ2v) is 6.19. The lowest BCUT2D eigenvalue weighted by Gasteiger charge is -2.18. The number of esters is 1. The van der Waals surface area contributed by atoms with Gasteiger partial charge in [-0.3, -0.25) is 4.79 Å². The lowest BCUT2D eigenvalue weighted by Crippen LogP contribution is -2.25. The normalized spacial score (nSPS) is 14.8. The van der Waals surface area contributed by atoms with Gasteiger partial charge in [-0.25, -0.2) is 4.79 Å². The molecule has 7 nitrogen and oxygen atoms in total. The van der Waals surface area contributed by atoms with E-state index in [9.17, 15) is 9.59 Å². The number of para-hydroxylation sites is 1. The lowest BCUT2D eigenvalue weighted by molar-refractivity contribution is -0.147. The van der Waals surface area contributed by atoms with E-state index in [1.807, 2.05) is 6.92 Å². The zero-order chi connectivity index (χ0) is 21.0. The molecule has 7 heteroatoms. The summed E-state index contributed by atoms with van der Waals surface area (Å²) in [7, 11) is 2.83. The first-order valence-electron chi connectivity index (χ1n) is 9.11. The van der Waals surface area contributed by atoms with Gasteiger partial charge in [0, 0.05) is 11.6 Å². The Morgan fingerprint density at radius 1 is 1.21 bits per heavy atom. The molecular formula is C22H22O7. The van der Waals surface area contributed by atoms with Crippen molar-refractivity contribution in [3.05, 3.63) is 53.3 Å². The van der Waals surface area contributed by atoms with Crippen LogP contribution in [0.2, 0.25) is 0 Å². The van der Waals surface area contributed by atoms with Crippen LogP contribution in [-0.2, 0) is 9.53 Å². The van der Waals surface area contributed by atoms with Crippen LogP contribution in [0.5, 0.6) is 23.0 Å². The summed E-state index contributed by atoms with van der Waals surface area (Å²) in [5.74, 6) is 1.14. The van der Waals surface area contributed by atoms with Crippen molar-refractivity contribution in [2.75, 3.05) is 20.8 Å². The van der Waals surface area contributed by atoms with Crippen LogP contribution in [0.25, 0.3) is 6.08 Å². The fourth-order valence-corrected chi connectivity index (χ4v) is 2.87. The van der Waals surface area contributed by atoms with Gasteiger partial charge < -0.3 is 23.7 Å². The molecule has 1 aliphatic rings. The van der Waals surface area contributed by atoms with Gasteiger partial charge in [-0.2, -0.15) is 0 Å². The maximum absolute atomic E-state index is 12.7. The second kappa shape index (κ2) is 8.68. The Morgan fingerprint density at radius 2 is 2.00 bits per heavy atom. The largest absolute Gasteiger partial charge is 0.497 e. The summed E-state index contributed by atoms with van der Waals surface area (Å²) < 4.78 is 27.1. The number of carbonyl (C=O) groups is 2. The van der Waals surface area contributed by atoms with E-state index in [-0.39, 0.29) is 11.5 Å². The van der Waals surface area contributed by atoms with Crippen LogP contribution in [0.1, 0.15) is 29.8 Å². The van der Waals surface area contributed by atoms with E-state index in [0.717, 1.165) is 0 Å². The molecule has 2 aromatic carbocycles. The topological polar surface area (TPSA) is 80.3 Å². The van der Waals surface area contributed by atoms with Crippen molar-refractivity contribution in [3.63, 3.8) is 0 Å². The van der Waals surface area contributed by atoms with Crippen LogP contribution in [0, 0.1) is 0 Å². The fraction of sp³-hybridized carbons (Fsp3) is 0.273. The molecule has 29 heavy (non-hydrogen) atoms. The van der Waals surface area contributed by atoms with Crippen LogP contribution in [0.15, 0.2) is 42.2 Å². The average Bonchev–Trinajstić information content (AvgIpc) is 3.04. The highest BCUT2D eigenvalue weighted by Crippen LogP contribution is 2.38. The van der Waals surface area contributed by atoms with Crippen molar-refractivity contribution in [1.82, 2.24) is 0 Å². The molecule has 1 heterocycles. The summed E-state index contributed by atoms with van der Waals surface area (Å²) in [6, 6.07) is 10.2. The summed E-state index contributed by atoms with van der Waals surface area (Å²) in [6.07, 6.45) is 0.705. The van der Waals surface area contributed by atoms with Gasteiger partial charge in [-0.1, -0.05) is 12.1 Å². The molecule has 0 fully saturated rings. The number of methoxy groups -OCH3 is 2. The number of hydrogen-bond donors (Lipinski definition) is 0. The first kappa shape index (κ1) is 20.3. The first-order chi connectivity index (χ1) is 14.0. The predicted octanol–water partition coefficient (Wildman–Crippen LogP) is 3.65. The Morgan fingerprint density at radius 3 is 2.69 bits per heavy atom. The van der Waals surface area contributed by atoms with Gasteiger partial charge in [0.15, 0.2) is 23.4 Å². The van der Waals surface area contributed by atoms with Gasteiger partial charge in [0.25, 0.3) is 0 Å². The summed E-state index contributed by atoms with van der Waals surface area (Å²) in [5, 5.41) is 0. The third-order valence-corrected chi connectivity index (χ3v) is 4.30. The quantitative estimate of drug-likeness (QED) is 0.520. The van der Waals surface area contributed by atoms with E-state index in [2.05, 4.69) is 0 Å². The van der Waals surface area contributed by atoms with Crippen molar-refractivity contribution < 1.29 is 33.3 Å². The number of benzene rings is 2. The van der Waals surface area contributed by atoms with Crippen molar-refractivity contribution in [1.29, 1.82) is 0 Å². The first-order valence-corrected chi connectivity index (χ1v) is 9.11. The fourth-order valence-electron chi connectivity index (χ4n) is 2.87. The van der Waals surface area contributed by atoms with Crippen molar-refractivity contribution in [3.8, 4) is 23.0 Å². The molecule has 0 bridgehead atoms. The third-order valence-electron chi connectivity index (χ3n) is 4.30. The summed E-state index contributed by atoms with van der Waals surface area (Å²) >= 11 is 0. The molecule has 0 amide bonds. The van der Waals surface area contributed by atoms with Crippen LogP contribution in [0.4, 0.5) is 0 Å². The average molecular weight is 398 g/mol. The smallest absolute Gasteiger partial charge is 0.346 e. The van der Waals surface area contributed by atoms with Gasteiger partial charge in [0.1, 0.15) is 11.5 Å². The highest BCUT2D eigenvalue weighted by molar-refractivity contribution is 6.14. The van der Waals surface area contributed by atoms with Gasteiger partial charge in [0.2, 0.25) is 5.78 Å². The molecule has 0 aromatic heterocycles. The molecule has 0 saturated heterocycles. The van der Waals surface area contributed by atoms with E-state index < -0.39 is 12.1 Å². The van der Waals surface area contributed by atoms with E-state index in [4.69, 9.17) is 23.7 Å². The Bertz CT molecular complexity index is 962. The number of carbonyl (C=O) groups excluding carboxylic acids is 2. The number of allylic oxidation sites excluding steroid dienone is 1. The van der Waals surface area contributed by atoms with E-state index in [1.165, 1.54) is 7.11 Å². The molecule has 0 spiro atoms. The number of ketones is 1. The zero-order valence-electron chi connectivity index (χ0n) is 16.7. The molecule has 3 rings (SSSR count). The molecule has 0 aliphatic carbocycles. The number of fused-ring (bicyclic) bond motifs is 1. The lowest BCUT2D eigenvalue weighted by atomic mass is 10.1. The van der Waals surface area contributed by atoms with Gasteiger partial charge in [0.05, 0.1) is 26.4 Å². The van der Waals surface area contributed by atoms with E-state index in [0.29, 0.717) is 40.7 Å². The maximum atomic E-state index is 12.7. The van der Waals surface area contributed by atoms with Gasteiger partial charge in [-0.05, 0) is 38.1 Å². The number of ether oxygens (including phenoxy) is 5. The molecule has 1 atom stereocenters. The van der Waals surface area contributed by atoms with Crippen LogP contribution in [-0.4, -0.2) is 38.7 Å². The minimum Gasteiger partial charge on any atom is -0.497 e.